The second kappa shape index (κ2) is 2.81. The molecule has 0 aliphatic rings. The number of nitro groups is 1. The van der Waals surface area contributed by atoms with Crippen LogP contribution in [0.15, 0.2) is 22.6 Å². The molecule has 6 nitrogen and oxygen atoms in total. The Hall–Kier alpha value is -2.42. The molecule has 0 atom stereocenters. The van der Waals surface area contributed by atoms with E-state index < -0.39 is 4.92 Å². The first-order valence-corrected chi connectivity index (χ1v) is 3.66. The second-order valence-electron chi connectivity index (χ2n) is 2.54. The van der Waals surface area contributed by atoms with Gasteiger partial charge in [0.25, 0.3) is 5.69 Å². The van der Waals surface area contributed by atoms with Crippen molar-refractivity contribution in [2.75, 3.05) is 0 Å². The third-order valence-electron chi connectivity index (χ3n) is 1.68. The molecule has 1 aromatic heterocycles. The van der Waals surface area contributed by atoms with Crippen LogP contribution in [-0.2, 0) is 0 Å². The standard InChI is InChI=1S/C8H3N3O3/c9-4-8-10-6-3-5(11(12)13)1-2-7(6)14-8/h1-3H. The van der Waals surface area contributed by atoms with Crippen molar-refractivity contribution in [1.29, 1.82) is 5.26 Å². The summed E-state index contributed by atoms with van der Waals surface area (Å²) in [5.74, 6) is -0.0968. The minimum atomic E-state index is -0.528. The minimum Gasteiger partial charge on any atom is -0.428 e. The molecule has 0 saturated heterocycles. The maximum atomic E-state index is 10.4. The SMILES string of the molecule is N#Cc1nc2cc([N+](=O)[O-])ccc2o1. The molecular weight excluding hydrogens is 186 g/mol. The monoisotopic (exact) mass is 189 g/mol. The Morgan fingerprint density at radius 3 is 3.00 bits per heavy atom. The van der Waals surface area contributed by atoms with Crippen LogP contribution in [0.2, 0.25) is 0 Å². The lowest BCUT2D eigenvalue weighted by molar-refractivity contribution is -0.384. The Labute approximate surface area is 77.5 Å². The summed E-state index contributed by atoms with van der Waals surface area (Å²) in [5, 5.41) is 18.9. The van der Waals surface area contributed by atoms with E-state index in [2.05, 4.69) is 4.98 Å². The number of non-ortho nitro benzene ring substituents is 1. The van der Waals surface area contributed by atoms with Gasteiger partial charge in [-0.2, -0.15) is 10.2 Å². The highest BCUT2D eigenvalue weighted by Gasteiger charge is 2.10. The van der Waals surface area contributed by atoms with Gasteiger partial charge < -0.3 is 4.42 Å². The van der Waals surface area contributed by atoms with Gasteiger partial charge in [0.2, 0.25) is 0 Å². The molecule has 1 aromatic carbocycles. The molecule has 2 aromatic rings. The summed E-state index contributed by atoms with van der Waals surface area (Å²) in [5.41, 5.74) is 0.609. The van der Waals surface area contributed by atoms with Crippen LogP contribution in [0.5, 0.6) is 0 Å². The van der Waals surface area contributed by atoms with Crippen molar-refractivity contribution in [3.05, 3.63) is 34.2 Å². The van der Waals surface area contributed by atoms with Crippen molar-refractivity contribution in [3.63, 3.8) is 0 Å². The fourth-order valence-electron chi connectivity index (χ4n) is 1.08. The first-order chi connectivity index (χ1) is 6.70. The van der Waals surface area contributed by atoms with Crippen LogP contribution in [0.4, 0.5) is 5.69 Å². The van der Waals surface area contributed by atoms with Crippen molar-refractivity contribution >= 4 is 16.8 Å². The summed E-state index contributed by atoms with van der Waals surface area (Å²) < 4.78 is 4.96. The van der Waals surface area contributed by atoms with Gasteiger partial charge in [-0.3, -0.25) is 10.1 Å². The summed E-state index contributed by atoms with van der Waals surface area (Å²) in [4.78, 5) is 13.6. The molecule has 14 heavy (non-hydrogen) atoms. The number of fused-ring (bicyclic) bond motifs is 1. The van der Waals surface area contributed by atoms with E-state index >= 15 is 0 Å². The van der Waals surface area contributed by atoms with Crippen molar-refractivity contribution < 1.29 is 9.34 Å². The smallest absolute Gasteiger partial charge is 0.301 e. The number of nitrogens with zero attached hydrogens (tertiary/aromatic N) is 3. The lowest BCUT2D eigenvalue weighted by Crippen LogP contribution is -1.86. The maximum Gasteiger partial charge on any atom is 0.301 e. The predicted octanol–water partition coefficient (Wildman–Crippen LogP) is 1.61. The molecule has 2 rings (SSSR count). The Kier molecular flexibility index (Phi) is 1.65. The number of hydrogen-bond donors (Lipinski definition) is 0. The highest BCUT2D eigenvalue weighted by atomic mass is 16.6. The predicted molar refractivity (Wildman–Crippen MR) is 45.4 cm³/mol. The van der Waals surface area contributed by atoms with E-state index in [9.17, 15) is 10.1 Å². The number of oxazole rings is 1. The Morgan fingerprint density at radius 2 is 2.36 bits per heavy atom. The fraction of sp³-hybridized carbons (Fsp3) is 0. The third-order valence-corrected chi connectivity index (χ3v) is 1.68. The van der Waals surface area contributed by atoms with Crippen LogP contribution in [0.25, 0.3) is 11.1 Å². The van der Waals surface area contributed by atoms with Crippen LogP contribution in [0.1, 0.15) is 5.89 Å². The van der Waals surface area contributed by atoms with Gasteiger partial charge in [-0.15, -0.1) is 0 Å². The molecule has 6 heteroatoms. The van der Waals surface area contributed by atoms with Crippen LogP contribution in [0, 0.1) is 21.4 Å². The highest BCUT2D eigenvalue weighted by Crippen LogP contribution is 2.20. The largest absolute Gasteiger partial charge is 0.428 e. The zero-order valence-corrected chi connectivity index (χ0v) is 6.80. The first kappa shape index (κ1) is 8.19. The zero-order chi connectivity index (χ0) is 10.1. The highest BCUT2D eigenvalue weighted by molar-refractivity contribution is 5.75. The van der Waals surface area contributed by atoms with Gasteiger partial charge in [0, 0.05) is 12.1 Å². The van der Waals surface area contributed by atoms with Crippen LogP contribution in [0.3, 0.4) is 0 Å². The molecule has 0 spiro atoms. The van der Waals surface area contributed by atoms with Gasteiger partial charge in [0.1, 0.15) is 5.52 Å². The second-order valence-corrected chi connectivity index (χ2v) is 2.54. The Balaban J connectivity index is 2.66. The topological polar surface area (TPSA) is 93.0 Å². The molecular formula is C8H3N3O3. The summed E-state index contributed by atoms with van der Waals surface area (Å²) in [6, 6.07) is 5.70. The van der Waals surface area contributed by atoms with Crippen molar-refractivity contribution in [1.82, 2.24) is 4.98 Å². The summed E-state index contributed by atoms with van der Waals surface area (Å²) in [7, 11) is 0. The number of hydrogen-bond acceptors (Lipinski definition) is 5. The van der Waals surface area contributed by atoms with E-state index in [0.29, 0.717) is 11.1 Å². The van der Waals surface area contributed by atoms with Crippen molar-refractivity contribution in [3.8, 4) is 6.07 Å². The number of benzene rings is 1. The average Bonchev–Trinajstić information content (AvgIpc) is 2.58. The van der Waals surface area contributed by atoms with E-state index in [0.717, 1.165) is 0 Å². The Bertz CT molecular complexity index is 552. The van der Waals surface area contributed by atoms with Crippen LogP contribution in [-0.4, -0.2) is 9.91 Å². The number of rotatable bonds is 1. The minimum absolute atomic E-state index is 0.0738. The fourth-order valence-corrected chi connectivity index (χ4v) is 1.08. The molecule has 0 amide bonds. The normalized spacial score (nSPS) is 9.93. The van der Waals surface area contributed by atoms with Gasteiger partial charge >= 0.3 is 5.89 Å². The zero-order valence-electron chi connectivity index (χ0n) is 6.80. The maximum absolute atomic E-state index is 10.4. The van der Waals surface area contributed by atoms with Crippen molar-refractivity contribution in [2.24, 2.45) is 0 Å². The van der Waals surface area contributed by atoms with Crippen molar-refractivity contribution in [2.45, 2.75) is 0 Å². The molecule has 0 aliphatic heterocycles. The molecule has 1 heterocycles. The molecule has 0 saturated carbocycles. The molecule has 0 N–H and O–H groups in total. The summed E-state index contributed by atoms with van der Waals surface area (Å²) >= 11 is 0. The van der Waals surface area contributed by atoms with E-state index in [-0.39, 0.29) is 11.6 Å². The van der Waals surface area contributed by atoms with Crippen LogP contribution < -0.4 is 0 Å². The molecule has 0 aliphatic carbocycles. The van der Waals surface area contributed by atoms with Gasteiger partial charge in [-0.05, 0) is 6.07 Å². The number of nitriles is 1. The summed E-state index contributed by atoms with van der Waals surface area (Å²) in [6.07, 6.45) is 0. The van der Waals surface area contributed by atoms with E-state index in [1.54, 1.807) is 6.07 Å². The molecule has 0 unspecified atom stereocenters. The van der Waals surface area contributed by atoms with E-state index in [1.165, 1.54) is 18.2 Å². The van der Waals surface area contributed by atoms with Gasteiger partial charge in [0.15, 0.2) is 11.7 Å². The van der Waals surface area contributed by atoms with Gasteiger partial charge in [0.05, 0.1) is 4.92 Å². The quantitative estimate of drug-likeness (QED) is 0.501. The number of nitro benzene ring substituents is 1. The Morgan fingerprint density at radius 1 is 1.57 bits per heavy atom. The molecule has 0 fully saturated rings. The number of aromatic nitrogens is 1. The first-order valence-electron chi connectivity index (χ1n) is 3.66. The van der Waals surface area contributed by atoms with Gasteiger partial charge in [-0.25, -0.2) is 0 Å². The molecule has 0 radical (unpaired) electrons. The van der Waals surface area contributed by atoms with E-state index in [1.807, 2.05) is 0 Å². The molecule has 0 bridgehead atoms. The summed E-state index contributed by atoms with van der Waals surface area (Å²) in [6.45, 7) is 0. The average molecular weight is 189 g/mol. The lowest BCUT2D eigenvalue weighted by Gasteiger charge is -1.88. The molecule has 68 valence electrons. The lowest BCUT2D eigenvalue weighted by atomic mass is 10.3. The van der Waals surface area contributed by atoms with Gasteiger partial charge in [-0.1, -0.05) is 0 Å². The third kappa shape index (κ3) is 1.17. The van der Waals surface area contributed by atoms with E-state index in [4.69, 9.17) is 9.68 Å². The van der Waals surface area contributed by atoms with Crippen LogP contribution >= 0.6 is 0 Å².